The largest absolute Gasteiger partial charge is 0.495 e. The lowest BCUT2D eigenvalue weighted by Crippen LogP contribution is -2.19. The van der Waals surface area contributed by atoms with Gasteiger partial charge in [-0.3, -0.25) is 14.6 Å². The van der Waals surface area contributed by atoms with Gasteiger partial charge in [-0.15, -0.1) is 10.2 Å². The van der Waals surface area contributed by atoms with Crippen LogP contribution in [0.1, 0.15) is 11.3 Å². The Bertz CT molecular complexity index is 1030. The van der Waals surface area contributed by atoms with Crippen molar-refractivity contribution in [3.8, 4) is 5.75 Å². The second-order valence-corrected chi connectivity index (χ2v) is 7.15. The molecule has 0 saturated carbocycles. The highest BCUT2D eigenvalue weighted by atomic mass is 35.5. The summed E-state index contributed by atoms with van der Waals surface area (Å²) in [6.45, 7) is 0. The number of nitrogens with zero attached hydrogens (tertiary/aromatic N) is 2. The van der Waals surface area contributed by atoms with Gasteiger partial charge in [0.15, 0.2) is 5.16 Å². The fourth-order valence-corrected chi connectivity index (χ4v) is 3.19. The number of aromatic amines is 1. The Morgan fingerprint density at radius 3 is 2.71 bits per heavy atom. The first-order valence-corrected chi connectivity index (χ1v) is 9.67. The van der Waals surface area contributed by atoms with E-state index in [4.69, 9.17) is 16.3 Å². The molecule has 0 aliphatic heterocycles. The minimum absolute atomic E-state index is 0.0400. The van der Waals surface area contributed by atoms with E-state index in [2.05, 4.69) is 20.5 Å². The number of nitrogens with one attached hydrogen (secondary N) is 2. The normalized spacial score (nSPS) is 10.5. The van der Waals surface area contributed by atoms with Gasteiger partial charge in [0.25, 0.3) is 5.56 Å². The number of anilines is 1. The highest BCUT2D eigenvalue weighted by Crippen LogP contribution is 2.27. The van der Waals surface area contributed by atoms with E-state index in [1.807, 2.05) is 30.3 Å². The lowest BCUT2D eigenvalue weighted by molar-refractivity contribution is -0.113. The Labute approximate surface area is 170 Å². The molecule has 2 aromatic carbocycles. The Morgan fingerprint density at radius 2 is 2.00 bits per heavy atom. The summed E-state index contributed by atoms with van der Waals surface area (Å²) >= 11 is 7.03. The third kappa shape index (κ3) is 5.34. The van der Waals surface area contributed by atoms with Crippen molar-refractivity contribution in [3.05, 3.63) is 75.2 Å². The molecule has 0 unspecified atom stereocenters. The summed E-state index contributed by atoms with van der Waals surface area (Å²) in [5.41, 5.74) is 1.44. The minimum atomic E-state index is -0.321. The van der Waals surface area contributed by atoms with Gasteiger partial charge in [-0.2, -0.15) is 0 Å². The van der Waals surface area contributed by atoms with Gasteiger partial charge in [-0.05, 0) is 23.8 Å². The van der Waals surface area contributed by atoms with E-state index in [0.717, 1.165) is 17.3 Å². The first kappa shape index (κ1) is 19.9. The maximum Gasteiger partial charge on any atom is 0.273 e. The molecular formula is C19H17ClN4O3S. The molecule has 0 radical (unpaired) electrons. The van der Waals surface area contributed by atoms with Gasteiger partial charge in [-0.1, -0.05) is 53.7 Å². The third-order valence-corrected chi connectivity index (χ3v) is 4.83. The fourth-order valence-electron chi connectivity index (χ4n) is 2.41. The van der Waals surface area contributed by atoms with Crippen LogP contribution in [-0.2, 0) is 11.2 Å². The predicted molar refractivity (Wildman–Crippen MR) is 109 cm³/mol. The molecule has 1 heterocycles. The minimum Gasteiger partial charge on any atom is -0.495 e. The maximum atomic E-state index is 12.2. The van der Waals surface area contributed by atoms with Crippen LogP contribution < -0.4 is 15.6 Å². The van der Waals surface area contributed by atoms with Crippen LogP contribution in [0.25, 0.3) is 0 Å². The lowest BCUT2D eigenvalue weighted by Gasteiger charge is -2.10. The quantitative estimate of drug-likeness (QED) is 0.574. The summed E-state index contributed by atoms with van der Waals surface area (Å²) in [4.78, 5) is 27.0. The molecule has 9 heteroatoms. The van der Waals surface area contributed by atoms with Gasteiger partial charge in [0, 0.05) is 11.4 Å². The number of hydrogen-bond donors (Lipinski definition) is 2. The van der Waals surface area contributed by atoms with E-state index in [1.54, 1.807) is 18.2 Å². The van der Waals surface area contributed by atoms with E-state index in [1.165, 1.54) is 7.11 Å². The monoisotopic (exact) mass is 416 g/mol. The molecule has 3 aromatic rings. The van der Waals surface area contributed by atoms with Gasteiger partial charge in [0.05, 0.1) is 18.6 Å². The molecule has 0 fully saturated rings. The Morgan fingerprint density at radius 1 is 1.21 bits per heavy atom. The predicted octanol–water partition coefficient (Wildman–Crippen LogP) is 3.15. The summed E-state index contributed by atoms with van der Waals surface area (Å²) in [5, 5.41) is 11.5. The van der Waals surface area contributed by atoms with Crippen LogP contribution >= 0.6 is 23.4 Å². The van der Waals surface area contributed by atoms with Crippen molar-refractivity contribution in [2.24, 2.45) is 0 Å². The van der Waals surface area contributed by atoms with Crippen molar-refractivity contribution in [3.63, 3.8) is 0 Å². The number of aromatic nitrogens is 3. The molecule has 3 rings (SSSR count). The van der Waals surface area contributed by atoms with Crippen LogP contribution in [0.15, 0.2) is 58.5 Å². The van der Waals surface area contributed by atoms with Gasteiger partial charge in [0.1, 0.15) is 11.4 Å². The highest BCUT2D eigenvalue weighted by molar-refractivity contribution is 7.99. The van der Waals surface area contributed by atoms with Gasteiger partial charge >= 0.3 is 0 Å². The zero-order valence-electron chi connectivity index (χ0n) is 14.9. The molecule has 1 amide bonds. The molecular weight excluding hydrogens is 400 g/mol. The standard InChI is InChI=1S/C19H17ClN4O3S/c1-27-16-8-7-13(20)10-14(16)21-17(25)11-28-19-22-18(26)15(23-24-19)9-12-5-3-2-4-6-12/h2-8,10H,9,11H2,1H3,(H,21,25)(H,22,24,26). The summed E-state index contributed by atoms with van der Waals surface area (Å²) < 4.78 is 5.19. The number of methoxy groups -OCH3 is 1. The zero-order valence-corrected chi connectivity index (χ0v) is 16.5. The number of ether oxygens (including phenoxy) is 1. The van der Waals surface area contributed by atoms with E-state index < -0.39 is 0 Å². The SMILES string of the molecule is COc1ccc(Cl)cc1NC(=O)CSc1nnc(Cc2ccccc2)c(=O)[nH]1. The first-order chi connectivity index (χ1) is 13.5. The Balaban J connectivity index is 1.60. The van der Waals surface area contributed by atoms with Crippen molar-refractivity contribution in [2.45, 2.75) is 11.6 Å². The van der Waals surface area contributed by atoms with Crippen molar-refractivity contribution < 1.29 is 9.53 Å². The molecule has 1 aromatic heterocycles. The number of rotatable bonds is 7. The van der Waals surface area contributed by atoms with Crippen molar-refractivity contribution in [2.75, 3.05) is 18.2 Å². The maximum absolute atomic E-state index is 12.2. The van der Waals surface area contributed by atoms with Crippen molar-refractivity contribution in [1.82, 2.24) is 15.2 Å². The number of carbonyl (C=O) groups excluding carboxylic acids is 1. The zero-order chi connectivity index (χ0) is 19.9. The molecule has 0 aliphatic carbocycles. The number of carbonyl (C=O) groups is 1. The molecule has 144 valence electrons. The molecule has 0 saturated heterocycles. The number of halogens is 1. The summed E-state index contributed by atoms with van der Waals surface area (Å²) in [7, 11) is 1.50. The van der Waals surface area contributed by atoms with Crippen LogP contribution in [0.3, 0.4) is 0 Å². The van der Waals surface area contributed by atoms with Gasteiger partial charge in [0.2, 0.25) is 5.91 Å². The molecule has 2 N–H and O–H groups in total. The van der Waals surface area contributed by atoms with Gasteiger partial charge in [-0.25, -0.2) is 0 Å². The van der Waals surface area contributed by atoms with Crippen LogP contribution in [-0.4, -0.2) is 34.0 Å². The van der Waals surface area contributed by atoms with E-state index in [0.29, 0.717) is 28.6 Å². The van der Waals surface area contributed by atoms with Crippen molar-refractivity contribution >= 4 is 35.0 Å². The van der Waals surface area contributed by atoms with Crippen LogP contribution in [0, 0.1) is 0 Å². The van der Waals surface area contributed by atoms with E-state index in [9.17, 15) is 9.59 Å². The Hall–Kier alpha value is -2.84. The van der Waals surface area contributed by atoms with Crippen LogP contribution in [0.4, 0.5) is 5.69 Å². The summed E-state index contributed by atoms with van der Waals surface area (Å²) in [5.74, 6) is 0.251. The number of benzene rings is 2. The molecule has 7 nitrogen and oxygen atoms in total. The number of H-pyrrole nitrogens is 1. The second-order valence-electron chi connectivity index (χ2n) is 5.75. The lowest BCUT2D eigenvalue weighted by atomic mass is 10.1. The summed E-state index contributed by atoms with van der Waals surface area (Å²) in [6.07, 6.45) is 0.392. The van der Waals surface area contributed by atoms with E-state index in [-0.39, 0.29) is 22.4 Å². The molecule has 0 spiro atoms. The van der Waals surface area contributed by atoms with Gasteiger partial charge < -0.3 is 10.1 Å². The molecule has 0 aliphatic rings. The average molecular weight is 417 g/mol. The van der Waals surface area contributed by atoms with Crippen LogP contribution in [0.5, 0.6) is 5.75 Å². The second kappa shape index (κ2) is 9.38. The molecule has 0 bridgehead atoms. The number of thioether (sulfide) groups is 1. The number of amides is 1. The molecule has 0 atom stereocenters. The summed E-state index contributed by atoms with van der Waals surface area (Å²) in [6, 6.07) is 14.5. The Kier molecular flexibility index (Phi) is 6.67. The number of hydrogen-bond acceptors (Lipinski definition) is 6. The average Bonchev–Trinajstić information content (AvgIpc) is 2.69. The fraction of sp³-hybridized carbons (Fsp3) is 0.158. The third-order valence-electron chi connectivity index (χ3n) is 3.73. The first-order valence-electron chi connectivity index (χ1n) is 8.31. The highest BCUT2D eigenvalue weighted by Gasteiger charge is 2.11. The topological polar surface area (TPSA) is 97.0 Å². The van der Waals surface area contributed by atoms with E-state index >= 15 is 0 Å². The smallest absolute Gasteiger partial charge is 0.273 e. The molecule has 28 heavy (non-hydrogen) atoms. The van der Waals surface area contributed by atoms with Crippen molar-refractivity contribution in [1.29, 1.82) is 0 Å². The van der Waals surface area contributed by atoms with Crippen LogP contribution in [0.2, 0.25) is 5.02 Å².